The van der Waals surface area contributed by atoms with Gasteiger partial charge in [0.15, 0.2) is 0 Å². The second-order valence-electron chi connectivity index (χ2n) is 6.48. The van der Waals surface area contributed by atoms with E-state index in [0.29, 0.717) is 13.1 Å². The Bertz CT molecular complexity index is 728. The largest absolute Gasteiger partial charge is 0.444 e. The van der Waals surface area contributed by atoms with Crippen LogP contribution < -0.4 is 0 Å². The molecule has 2 heterocycles. The second kappa shape index (κ2) is 4.48. The monoisotopic (exact) mass is 290 g/mol. The highest BCUT2D eigenvalue weighted by molar-refractivity contribution is 5.87. The van der Waals surface area contributed by atoms with Crippen LogP contribution in [0.25, 0.3) is 10.9 Å². The fourth-order valence-electron chi connectivity index (χ4n) is 2.81. The first kappa shape index (κ1) is 13.9. The molecule has 0 aliphatic carbocycles. The highest BCUT2D eigenvalue weighted by Gasteiger charge is 2.31. The zero-order valence-electron chi connectivity index (χ0n) is 12.7. The normalized spacial score (nSPS) is 14.6. The number of carbonyl (C=O) groups excluding carboxylic acids is 1. The van der Waals surface area contributed by atoms with Gasteiger partial charge in [-0.3, -0.25) is 4.90 Å². The van der Waals surface area contributed by atoms with Gasteiger partial charge >= 0.3 is 6.09 Å². The molecule has 21 heavy (non-hydrogen) atoms. The van der Waals surface area contributed by atoms with Gasteiger partial charge in [0.2, 0.25) is 0 Å². The molecule has 0 saturated heterocycles. The third-order valence-electron chi connectivity index (χ3n) is 3.74. The molecule has 4 nitrogen and oxygen atoms in total. The molecule has 2 aromatic rings. The van der Waals surface area contributed by atoms with Gasteiger partial charge in [0, 0.05) is 29.2 Å². The van der Waals surface area contributed by atoms with Gasteiger partial charge in [0.05, 0.1) is 13.1 Å². The maximum absolute atomic E-state index is 13.5. The summed E-state index contributed by atoms with van der Waals surface area (Å²) in [6.45, 7) is 6.50. The van der Waals surface area contributed by atoms with Gasteiger partial charge in [0.1, 0.15) is 11.4 Å². The standard InChI is InChI=1S/C16H19FN2O2/c1-16(2,3)21-15(20)19-8-12-11-7-10(17)5-6-13(11)18(4)14(12)9-19/h5-7H,8-9H2,1-4H3. The maximum atomic E-state index is 13.5. The first-order chi connectivity index (χ1) is 9.76. The fourth-order valence-corrected chi connectivity index (χ4v) is 2.81. The molecule has 0 unspecified atom stereocenters. The molecule has 3 rings (SSSR count). The Labute approximate surface area is 123 Å². The summed E-state index contributed by atoms with van der Waals surface area (Å²) in [6.07, 6.45) is -0.330. The van der Waals surface area contributed by atoms with Crippen LogP contribution in [0, 0.1) is 5.82 Å². The van der Waals surface area contributed by atoms with E-state index in [1.54, 1.807) is 11.0 Å². The van der Waals surface area contributed by atoms with Crippen LogP contribution in [0.3, 0.4) is 0 Å². The molecule has 1 aromatic heterocycles. The summed E-state index contributed by atoms with van der Waals surface area (Å²) in [6, 6.07) is 4.77. The van der Waals surface area contributed by atoms with Crippen LogP contribution in [0.4, 0.5) is 9.18 Å². The number of hydrogen-bond acceptors (Lipinski definition) is 2. The van der Waals surface area contributed by atoms with E-state index < -0.39 is 5.60 Å². The van der Waals surface area contributed by atoms with Crippen LogP contribution in [0.1, 0.15) is 32.0 Å². The lowest BCUT2D eigenvalue weighted by molar-refractivity contribution is 0.0240. The number of aryl methyl sites for hydroxylation is 1. The number of fused-ring (bicyclic) bond motifs is 3. The number of rotatable bonds is 0. The average molecular weight is 290 g/mol. The van der Waals surface area contributed by atoms with E-state index in [0.717, 1.165) is 22.2 Å². The highest BCUT2D eigenvalue weighted by atomic mass is 19.1. The Kier molecular flexibility index (Phi) is 2.97. The molecule has 0 saturated carbocycles. The van der Waals surface area contributed by atoms with Crippen LogP contribution in [-0.2, 0) is 24.9 Å². The topological polar surface area (TPSA) is 34.5 Å². The summed E-state index contributed by atoms with van der Waals surface area (Å²) in [5, 5.41) is 0.874. The minimum atomic E-state index is -0.514. The quantitative estimate of drug-likeness (QED) is 0.743. The number of aromatic nitrogens is 1. The van der Waals surface area contributed by atoms with E-state index in [9.17, 15) is 9.18 Å². The first-order valence-corrected chi connectivity index (χ1v) is 7.00. The number of halogens is 1. The van der Waals surface area contributed by atoms with Crippen LogP contribution in [0.5, 0.6) is 0 Å². The maximum Gasteiger partial charge on any atom is 0.410 e. The molecule has 0 N–H and O–H groups in total. The third kappa shape index (κ3) is 2.37. The molecule has 1 aliphatic rings. The fraction of sp³-hybridized carbons (Fsp3) is 0.438. The van der Waals surface area contributed by atoms with Gasteiger partial charge in [-0.15, -0.1) is 0 Å². The second-order valence-corrected chi connectivity index (χ2v) is 6.48. The highest BCUT2D eigenvalue weighted by Crippen LogP contribution is 2.33. The van der Waals surface area contributed by atoms with E-state index in [2.05, 4.69) is 0 Å². The number of carbonyl (C=O) groups is 1. The predicted molar refractivity (Wildman–Crippen MR) is 78.4 cm³/mol. The number of benzene rings is 1. The van der Waals surface area contributed by atoms with Crippen molar-refractivity contribution in [2.24, 2.45) is 7.05 Å². The van der Waals surface area contributed by atoms with Gasteiger partial charge < -0.3 is 9.30 Å². The van der Waals surface area contributed by atoms with E-state index in [1.165, 1.54) is 12.1 Å². The predicted octanol–water partition coefficient (Wildman–Crippen LogP) is 3.57. The summed E-state index contributed by atoms with van der Waals surface area (Å²) in [4.78, 5) is 13.8. The molecule has 1 aromatic carbocycles. The lowest BCUT2D eigenvalue weighted by Gasteiger charge is -2.24. The zero-order valence-corrected chi connectivity index (χ0v) is 12.7. The van der Waals surface area contributed by atoms with Gasteiger partial charge in [0.25, 0.3) is 0 Å². The molecule has 112 valence electrons. The van der Waals surface area contributed by atoms with Crippen molar-refractivity contribution >= 4 is 17.0 Å². The minimum absolute atomic E-state index is 0.258. The van der Waals surface area contributed by atoms with Crippen molar-refractivity contribution < 1.29 is 13.9 Å². The molecule has 0 spiro atoms. The minimum Gasteiger partial charge on any atom is -0.444 e. The average Bonchev–Trinajstić information content (AvgIpc) is 2.89. The van der Waals surface area contributed by atoms with E-state index >= 15 is 0 Å². The van der Waals surface area contributed by atoms with Crippen molar-refractivity contribution in [2.45, 2.75) is 39.5 Å². The number of amides is 1. The smallest absolute Gasteiger partial charge is 0.410 e. The summed E-state index contributed by atoms with van der Waals surface area (Å²) in [7, 11) is 1.94. The molecule has 1 amide bonds. The Morgan fingerprint density at radius 1 is 1.29 bits per heavy atom. The molecule has 0 bridgehead atoms. The first-order valence-electron chi connectivity index (χ1n) is 7.00. The Morgan fingerprint density at radius 2 is 2.00 bits per heavy atom. The Balaban J connectivity index is 1.93. The molecule has 0 radical (unpaired) electrons. The molecule has 1 aliphatic heterocycles. The van der Waals surface area contributed by atoms with E-state index in [-0.39, 0.29) is 11.9 Å². The summed E-state index contributed by atoms with van der Waals surface area (Å²) in [5.41, 5.74) is 2.53. The van der Waals surface area contributed by atoms with Crippen molar-refractivity contribution in [1.29, 1.82) is 0 Å². The number of ether oxygens (including phenoxy) is 1. The number of nitrogens with zero attached hydrogens (tertiary/aromatic N) is 2. The SMILES string of the molecule is Cn1c2c(c3cc(F)ccc31)CN(C(=O)OC(C)(C)C)C2. The molecular weight excluding hydrogens is 271 g/mol. The van der Waals surface area contributed by atoms with Crippen molar-refractivity contribution in [3.63, 3.8) is 0 Å². The molecule has 5 heteroatoms. The van der Waals surface area contributed by atoms with Crippen LogP contribution >= 0.6 is 0 Å². The molecular formula is C16H19FN2O2. The number of hydrogen-bond donors (Lipinski definition) is 0. The van der Waals surface area contributed by atoms with E-state index in [4.69, 9.17) is 4.74 Å². The summed E-state index contributed by atoms with van der Waals surface area (Å²) >= 11 is 0. The van der Waals surface area contributed by atoms with Gasteiger partial charge in [-0.1, -0.05) is 0 Å². The zero-order chi connectivity index (χ0) is 15.4. The summed E-state index contributed by atoms with van der Waals surface area (Å²) in [5.74, 6) is -0.258. The summed E-state index contributed by atoms with van der Waals surface area (Å²) < 4.78 is 20.9. The lowest BCUT2D eigenvalue weighted by Crippen LogP contribution is -2.33. The van der Waals surface area contributed by atoms with Crippen molar-refractivity contribution in [3.8, 4) is 0 Å². The van der Waals surface area contributed by atoms with Crippen LogP contribution in [0.15, 0.2) is 18.2 Å². The Morgan fingerprint density at radius 3 is 2.67 bits per heavy atom. The van der Waals surface area contributed by atoms with Gasteiger partial charge in [-0.2, -0.15) is 0 Å². The van der Waals surface area contributed by atoms with Gasteiger partial charge in [-0.05, 0) is 39.0 Å². The third-order valence-corrected chi connectivity index (χ3v) is 3.74. The van der Waals surface area contributed by atoms with E-state index in [1.807, 2.05) is 32.4 Å². The van der Waals surface area contributed by atoms with Crippen molar-refractivity contribution in [2.75, 3.05) is 0 Å². The lowest BCUT2D eigenvalue weighted by atomic mass is 10.1. The van der Waals surface area contributed by atoms with Crippen LogP contribution in [0.2, 0.25) is 0 Å². The molecule has 0 fully saturated rings. The van der Waals surface area contributed by atoms with Gasteiger partial charge in [-0.25, -0.2) is 9.18 Å². The van der Waals surface area contributed by atoms with Crippen molar-refractivity contribution in [1.82, 2.24) is 9.47 Å². The van der Waals surface area contributed by atoms with Crippen LogP contribution in [-0.4, -0.2) is 21.2 Å². The molecule has 0 atom stereocenters. The Hall–Kier alpha value is -2.04. The van der Waals surface area contributed by atoms with Crippen molar-refractivity contribution in [3.05, 3.63) is 35.3 Å².